The highest BCUT2D eigenvalue weighted by molar-refractivity contribution is 5.82. The van der Waals surface area contributed by atoms with Crippen LogP contribution in [0, 0.1) is 5.41 Å². The third-order valence-electron chi connectivity index (χ3n) is 3.08. The van der Waals surface area contributed by atoms with Crippen LogP contribution in [0.4, 0.5) is 4.79 Å². The molecule has 0 atom stereocenters. The van der Waals surface area contributed by atoms with Crippen molar-refractivity contribution in [2.45, 2.75) is 26.2 Å². The zero-order valence-electron chi connectivity index (χ0n) is 8.41. The first-order valence-electron chi connectivity index (χ1n) is 5.09. The second-order valence-corrected chi connectivity index (χ2v) is 4.27. The van der Waals surface area contributed by atoms with Crippen molar-refractivity contribution in [1.29, 1.82) is 0 Å². The normalized spacial score (nSPS) is 23.8. The van der Waals surface area contributed by atoms with Crippen LogP contribution in [0.1, 0.15) is 26.2 Å². The van der Waals surface area contributed by atoms with E-state index in [9.17, 15) is 9.59 Å². The topological polar surface area (TPSA) is 46.6 Å². The van der Waals surface area contributed by atoms with Gasteiger partial charge >= 0.3 is 6.09 Å². The number of carbonyl (C=O) groups excluding carboxylic acids is 2. The van der Waals surface area contributed by atoms with Gasteiger partial charge in [-0.3, -0.25) is 4.79 Å². The lowest BCUT2D eigenvalue weighted by Gasteiger charge is -2.46. The zero-order valence-corrected chi connectivity index (χ0v) is 8.41. The molecule has 0 aromatic carbocycles. The summed E-state index contributed by atoms with van der Waals surface area (Å²) in [7, 11) is 0. The van der Waals surface area contributed by atoms with Crippen LogP contribution in [-0.2, 0) is 9.53 Å². The molecule has 78 valence electrons. The van der Waals surface area contributed by atoms with E-state index in [2.05, 4.69) is 0 Å². The summed E-state index contributed by atoms with van der Waals surface area (Å²) in [5.41, 5.74) is 0.115. The van der Waals surface area contributed by atoms with Gasteiger partial charge in [0.15, 0.2) is 0 Å². The molecule has 1 aliphatic heterocycles. The van der Waals surface area contributed by atoms with E-state index in [4.69, 9.17) is 4.74 Å². The fourth-order valence-corrected chi connectivity index (χ4v) is 2.38. The van der Waals surface area contributed by atoms with Gasteiger partial charge < -0.3 is 9.64 Å². The Kier molecular flexibility index (Phi) is 2.21. The van der Waals surface area contributed by atoms with Crippen molar-refractivity contribution in [3.63, 3.8) is 0 Å². The number of hydrogen-bond acceptors (Lipinski definition) is 3. The summed E-state index contributed by atoms with van der Waals surface area (Å²) < 4.78 is 4.88. The van der Waals surface area contributed by atoms with Crippen molar-refractivity contribution in [2.75, 3.05) is 19.7 Å². The van der Waals surface area contributed by atoms with E-state index in [1.165, 1.54) is 0 Å². The van der Waals surface area contributed by atoms with Gasteiger partial charge in [0.1, 0.15) is 5.78 Å². The maximum absolute atomic E-state index is 11.3. The molecule has 0 aromatic rings. The fourth-order valence-electron chi connectivity index (χ4n) is 2.38. The highest BCUT2D eigenvalue weighted by atomic mass is 16.6. The molecule has 1 saturated heterocycles. The average molecular weight is 197 g/mol. The summed E-state index contributed by atoms with van der Waals surface area (Å²) in [6, 6.07) is 0. The lowest BCUT2D eigenvalue weighted by Crippen LogP contribution is -2.57. The third-order valence-corrected chi connectivity index (χ3v) is 3.08. The molecule has 0 N–H and O–H groups in total. The van der Waals surface area contributed by atoms with Crippen LogP contribution in [0.25, 0.3) is 0 Å². The molecule has 2 rings (SSSR count). The molecular weight excluding hydrogens is 182 g/mol. The molecule has 4 heteroatoms. The van der Waals surface area contributed by atoms with Crippen molar-refractivity contribution in [1.82, 2.24) is 4.90 Å². The number of ketones is 1. The van der Waals surface area contributed by atoms with Gasteiger partial charge in [-0.25, -0.2) is 4.79 Å². The molecule has 0 bridgehead atoms. The van der Waals surface area contributed by atoms with Crippen molar-refractivity contribution >= 4 is 11.9 Å². The summed E-state index contributed by atoms with van der Waals surface area (Å²) in [4.78, 5) is 24.1. The summed E-state index contributed by atoms with van der Waals surface area (Å²) in [5.74, 6) is 0.341. The highest BCUT2D eigenvalue weighted by Gasteiger charge is 2.49. The standard InChI is InChI=1S/C10H15NO3/c1-2-14-9(13)11-6-10(7-11)4-3-8(12)5-10/h2-7H2,1H3. The van der Waals surface area contributed by atoms with E-state index >= 15 is 0 Å². The number of likely N-dealkylation sites (tertiary alicyclic amines) is 1. The van der Waals surface area contributed by atoms with Crippen LogP contribution in [-0.4, -0.2) is 36.5 Å². The number of nitrogens with zero attached hydrogens (tertiary/aromatic N) is 1. The lowest BCUT2D eigenvalue weighted by atomic mass is 9.78. The van der Waals surface area contributed by atoms with Crippen molar-refractivity contribution < 1.29 is 14.3 Å². The van der Waals surface area contributed by atoms with E-state index in [0.717, 1.165) is 6.42 Å². The van der Waals surface area contributed by atoms with Gasteiger partial charge in [0, 0.05) is 31.3 Å². The van der Waals surface area contributed by atoms with E-state index in [-0.39, 0.29) is 11.5 Å². The molecule has 1 amide bonds. The van der Waals surface area contributed by atoms with Gasteiger partial charge in [0.2, 0.25) is 0 Å². The Morgan fingerprint density at radius 3 is 2.79 bits per heavy atom. The second-order valence-electron chi connectivity index (χ2n) is 4.27. The van der Waals surface area contributed by atoms with Crippen molar-refractivity contribution in [3.05, 3.63) is 0 Å². The molecule has 1 heterocycles. The van der Waals surface area contributed by atoms with Crippen LogP contribution in [0.3, 0.4) is 0 Å². The number of Topliss-reactive ketones (excluding diaryl/α,β-unsaturated/α-hetero) is 1. The summed E-state index contributed by atoms with van der Waals surface area (Å²) in [6.45, 7) is 3.63. The monoisotopic (exact) mass is 197 g/mol. The van der Waals surface area contributed by atoms with Gasteiger partial charge in [0.05, 0.1) is 6.61 Å². The minimum Gasteiger partial charge on any atom is -0.450 e. The van der Waals surface area contributed by atoms with Crippen LogP contribution >= 0.6 is 0 Å². The Labute approximate surface area is 83.2 Å². The molecule has 2 aliphatic rings. The zero-order chi connectivity index (χ0) is 10.2. The van der Waals surface area contributed by atoms with Gasteiger partial charge in [-0.2, -0.15) is 0 Å². The Balaban J connectivity index is 1.84. The van der Waals surface area contributed by atoms with Crippen LogP contribution in [0.2, 0.25) is 0 Å². The van der Waals surface area contributed by atoms with E-state index < -0.39 is 0 Å². The van der Waals surface area contributed by atoms with Gasteiger partial charge in [-0.1, -0.05) is 0 Å². The Morgan fingerprint density at radius 1 is 1.57 bits per heavy atom. The number of rotatable bonds is 1. The first kappa shape index (κ1) is 9.49. The highest BCUT2D eigenvalue weighted by Crippen LogP contribution is 2.43. The van der Waals surface area contributed by atoms with Crippen molar-refractivity contribution in [2.24, 2.45) is 5.41 Å². The van der Waals surface area contributed by atoms with E-state index in [0.29, 0.717) is 38.3 Å². The maximum atomic E-state index is 11.3. The van der Waals surface area contributed by atoms with Crippen LogP contribution in [0.5, 0.6) is 0 Å². The van der Waals surface area contributed by atoms with Crippen LogP contribution < -0.4 is 0 Å². The van der Waals surface area contributed by atoms with Gasteiger partial charge in [-0.15, -0.1) is 0 Å². The second kappa shape index (κ2) is 3.26. The molecule has 0 unspecified atom stereocenters. The van der Waals surface area contributed by atoms with E-state index in [1.807, 2.05) is 0 Å². The SMILES string of the molecule is CCOC(=O)N1CC2(CCC(=O)C2)C1. The number of carbonyl (C=O) groups is 2. The number of ether oxygens (including phenoxy) is 1. The molecule has 0 aromatic heterocycles. The predicted octanol–water partition coefficient (Wildman–Crippen LogP) is 1.20. The first-order valence-corrected chi connectivity index (χ1v) is 5.09. The molecular formula is C10H15NO3. The minimum atomic E-state index is -0.238. The summed E-state index contributed by atoms with van der Waals surface area (Å²) in [6.07, 6.45) is 2.05. The quantitative estimate of drug-likeness (QED) is 0.634. The van der Waals surface area contributed by atoms with Crippen LogP contribution in [0.15, 0.2) is 0 Å². The summed E-state index contributed by atoms with van der Waals surface area (Å²) in [5, 5.41) is 0. The van der Waals surface area contributed by atoms with Crippen molar-refractivity contribution in [3.8, 4) is 0 Å². The lowest BCUT2D eigenvalue weighted by molar-refractivity contribution is -0.119. The van der Waals surface area contributed by atoms with Gasteiger partial charge in [0.25, 0.3) is 0 Å². The number of hydrogen-bond donors (Lipinski definition) is 0. The first-order chi connectivity index (χ1) is 6.65. The smallest absolute Gasteiger partial charge is 0.409 e. The molecule has 1 spiro atoms. The molecule has 14 heavy (non-hydrogen) atoms. The Hall–Kier alpha value is -1.06. The Bertz CT molecular complexity index is 269. The molecule has 1 aliphatic carbocycles. The Morgan fingerprint density at radius 2 is 2.29 bits per heavy atom. The van der Waals surface area contributed by atoms with E-state index in [1.54, 1.807) is 11.8 Å². The summed E-state index contributed by atoms with van der Waals surface area (Å²) >= 11 is 0. The fraction of sp³-hybridized carbons (Fsp3) is 0.800. The predicted molar refractivity (Wildman–Crippen MR) is 49.9 cm³/mol. The average Bonchev–Trinajstić information content (AvgIpc) is 2.45. The largest absolute Gasteiger partial charge is 0.450 e. The molecule has 4 nitrogen and oxygen atoms in total. The maximum Gasteiger partial charge on any atom is 0.409 e. The third kappa shape index (κ3) is 1.49. The number of amides is 1. The van der Waals surface area contributed by atoms with Gasteiger partial charge in [-0.05, 0) is 13.3 Å². The molecule has 0 radical (unpaired) electrons. The molecule has 2 fully saturated rings. The molecule has 1 saturated carbocycles. The minimum absolute atomic E-state index is 0.115.